The minimum Gasteiger partial charge on any atom is -0.466 e. The molecule has 0 aromatic heterocycles. The van der Waals surface area contributed by atoms with Crippen molar-refractivity contribution < 1.29 is 18.7 Å². The van der Waals surface area contributed by atoms with Crippen LogP contribution >= 0.6 is 11.6 Å². The molecule has 4 nitrogen and oxygen atoms in total. The standard InChI is InChI=1S/C20H15ClFNO3/c1-26-19(25)14-7-8-20(11-3-2-4-13(22)9-11)16-6-5-12(21)10-15(16)18(24)23-17(14)20/h2-6,9-10H,7-8H2,1H3,(H,23,24). The summed E-state index contributed by atoms with van der Waals surface area (Å²) in [5, 5.41) is 3.28. The Bertz CT molecular complexity index is 985. The first kappa shape index (κ1) is 16.8. The molecule has 1 atom stereocenters. The van der Waals surface area contributed by atoms with Crippen LogP contribution in [-0.4, -0.2) is 19.0 Å². The quantitative estimate of drug-likeness (QED) is 0.818. The molecule has 4 rings (SSSR count). The molecule has 1 N–H and O–H groups in total. The van der Waals surface area contributed by atoms with Crippen LogP contribution in [0.5, 0.6) is 0 Å². The van der Waals surface area contributed by atoms with Crippen LogP contribution in [0.15, 0.2) is 53.7 Å². The van der Waals surface area contributed by atoms with Crippen molar-refractivity contribution in [1.29, 1.82) is 0 Å². The molecule has 0 saturated carbocycles. The second kappa shape index (κ2) is 5.95. The molecule has 2 aliphatic rings. The van der Waals surface area contributed by atoms with Gasteiger partial charge in [0.05, 0.1) is 18.1 Å². The van der Waals surface area contributed by atoms with Gasteiger partial charge in [0, 0.05) is 16.3 Å². The van der Waals surface area contributed by atoms with E-state index in [4.69, 9.17) is 16.3 Å². The summed E-state index contributed by atoms with van der Waals surface area (Å²) < 4.78 is 18.9. The van der Waals surface area contributed by atoms with Gasteiger partial charge in [0.1, 0.15) is 5.82 Å². The van der Waals surface area contributed by atoms with Crippen molar-refractivity contribution in [2.24, 2.45) is 0 Å². The lowest BCUT2D eigenvalue weighted by molar-refractivity contribution is -0.136. The van der Waals surface area contributed by atoms with Gasteiger partial charge in [-0.05, 0) is 48.2 Å². The lowest BCUT2D eigenvalue weighted by Gasteiger charge is -2.39. The number of hydrogen-bond donors (Lipinski definition) is 1. The number of fused-ring (bicyclic) bond motifs is 3. The van der Waals surface area contributed by atoms with E-state index in [0.29, 0.717) is 45.8 Å². The van der Waals surface area contributed by atoms with E-state index >= 15 is 0 Å². The Morgan fingerprint density at radius 2 is 2.08 bits per heavy atom. The van der Waals surface area contributed by atoms with Gasteiger partial charge in [-0.2, -0.15) is 0 Å². The minimum atomic E-state index is -0.820. The van der Waals surface area contributed by atoms with E-state index in [2.05, 4.69) is 5.32 Å². The van der Waals surface area contributed by atoms with Crippen molar-refractivity contribution >= 4 is 23.5 Å². The number of rotatable bonds is 2. The van der Waals surface area contributed by atoms with E-state index in [-0.39, 0.29) is 11.7 Å². The molecule has 1 unspecified atom stereocenters. The van der Waals surface area contributed by atoms with Crippen LogP contribution in [0.2, 0.25) is 5.02 Å². The third-order valence-corrected chi connectivity index (χ3v) is 5.39. The monoisotopic (exact) mass is 371 g/mol. The summed E-state index contributed by atoms with van der Waals surface area (Å²) in [6.07, 6.45) is 0.937. The van der Waals surface area contributed by atoms with E-state index in [1.165, 1.54) is 19.2 Å². The van der Waals surface area contributed by atoms with Crippen LogP contribution in [0.1, 0.15) is 34.3 Å². The maximum Gasteiger partial charge on any atom is 0.335 e. The van der Waals surface area contributed by atoms with Crippen molar-refractivity contribution in [2.75, 3.05) is 7.11 Å². The molecule has 1 aliphatic carbocycles. The summed E-state index contributed by atoms with van der Waals surface area (Å²) in [4.78, 5) is 24.9. The predicted octanol–water partition coefficient (Wildman–Crippen LogP) is 3.73. The number of nitrogens with one attached hydrogen (secondary N) is 1. The van der Waals surface area contributed by atoms with E-state index in [1.54, 1.807) is 30.3 Å². The highest BCUT2D eigenvalue weighted by Crippen LogP contribution is 2.52. The number of allylic oxidation sites excluding steroid dienone is 1. The van der Waals surface area contributed by atoms with Gasteiger partial charge in [-0.15, -0.1) is 0 Å². The topological polar surface area (TPSA) is 55.4 Å². The summed E-state index contributed by atoms with van der Waals surface area (Å²) in [6, 6.07) is 11.3. The van der Waals surface area contributed by atoms with Crippen LogP contribution in [0.4, 0.5) is 4.39 Å². The van der Waals surface area contributed by atoms with Crippen LogP contribution < -0.4 is 5.32 Å². The van der Waals surface area contributed by atoms with Crippen molar-refractivity contribution in [3.8, 4) is 0 Å². The maximum atomic E-state index is 14.0. The largest absolute Gasteiger partial charge is 0.466 e. The second-order valence-corrected chi connectivity index (χ2v) is 6.84. The normalized spacial score (nSPS) is 21.1. The highest BCUT2D eigenvalue weighted by Gasteiger charge is 2.50. The number of ether oxygens (including phenoxy) is 1. The van der Waals surface area contributed by atoms with Crippen molar-refractivity contribution in [1.82, 2.24) is 5.32 Å². The number of carbonyl (C=O) groups excluding carboxylic acids is 2. The van der Waals surface area contributed by atoms with Gasteiger partial charge in [0.2, 0.25) is 0 Å². The molecule has 132 valence electrons. The molecular formula is C20H15ClFNO3. The highest BCUT2D eigenvalue weighted by atomic mass is 35.5. The Balaban J connectivity index is 2.06. The van der Waals surface area contributed by atoms with Crippen molar-refractivity contribution in [3.63, 3.8) is 0 Å². The highest BCUT2D eigenvalue weighted by molar-refractivity contribution is 6.31. The molecule has 2 aromatic rings. The molecule has 1 heterocycles. The number of carbonyl (C=O) groups is 2. The molecule has 0 saturated heterocycles. The zero-order valence-electron chi connectivity index (χ0n) is 13.9. The average Bonchev–Trinajstić information content (AvgIpc) is 3.01. The van der Waals surface area contributed by atoms with E-state index in [9.17, 15) is 14.0 Å². The molecule has 1 amide bonds. The maximum absolute atomic E-state index is 14.0. The lowest BCUT2D eigenvalue weighted by Crippen LogP contribution is -2.44. The van der Waals surface area contributed by atoms with E-state index < -0.39 is 11.4 Å². The van der Waals surface area contributed by atoms with Crippen LogP contribution in [0.25, 0.3) is 0 Å². The number of esters is 1. The fraction of sp³-hybridized carbons (Fsp3) is 0.200. The van der Waals surface area contributed by atoms with Crippen LogP contribution in [0, 0.1) is 5.82 Å². The lowest BCUT2D eigenvalue weighted by atomic mass is 9.68. The Kier molecular flexibility index (Phi) is 3.84. The Morgan fingerprint density at radius 3 is 2.81 bits per heavy atom. The fourth-order valence-electron chi connectivity index (χ4n) is 4.05. The minimum absolute atomic E-state index is 0.340. The fourth-order valence-corrected chi connectivity index (χ4v) is 4.23. The van der Waals surface area contributed by atoms with Gasteiger partial charge < -0.3 is 10.1 Å². The first-order valence-electron chi connectivity index (χ1n) is 8.17. The first-order valence-corrected chi connectivity index (χ1v) is 8.54. The number of methoxy groups -OCH3 is 1. The van der Waals surface area contributed by atoms with Gasteiger partial charge in [0.15, 0.2) is 0 Å². The number of benzene rings is 2. The van der Waals surface area contributed by atoms with E-state index in [1.807, 2.05) is 0 Å². The van der Waals surface area contributed by atoms with E-state index in [0.717, 1.165) is 0 Å². The summed E-state index contributed by atoms with van der Waals surface area (Å²) >= 11 is 6.08. The first-order chi connectivity index (χ1) is 12.5. The molecular weight excluding hydrogens is 357 g/mol. The molecule has 0 radical (unpaired) electrons. The van der Waals surface area contributed by atoms with Gasteiger partial charge in [0.25, 0.3) is 5.91 Å². The molecule has 0 spiro atoms. The van der Waals surface area contributed by atoms with Crippen LogP contribution in [0.3, 0.4) is 0 Å². The number of amides is 1. The molecule has 26 heavy (non-hydrogen) atoms. The Labute approximate surface area is 154 Å². The molecule has 2 aromatic carbocycles. The van der Waals surface area contributed by atoms with Gasteiger partial charge in [-0.1, -0.05) is 29.8 Å². The zero-order valence-corrected chi connectivity index (χ0v) is 14.7. The van der Waals surface area contributed by atoms with Crippen molar-refractivity contribution in [3.05, 3.63) is 81.3 Å². The third kappa shape index (κ3) is 2.27. The smallest absolute Gasteiger partial charge is 0.335 e. The average molecular weight is 372 g/mol. The summed E-state index contributed by atoms with van der Waals surface area (Å²) in [5.41, 5.74) is 1.87. The van der Waals surface area contributed by atoms with Gasteiger partial charge in [-0.3, -0.25) is 4.79 Å². The molecule has 0 fully saturated rings. The summed E-state index contributed by atoms with van der Waals surface area (Å²) in [6.45, 7) is 0. The second-order valence-electron chi connectivity index (χ2n) is 6.40. The Hall–Kier alpha value is -2.66. The number of halogens is 2. The molecule has 0 bridgehead atoms. The van der Waals surface area contributed by atoms with Crippen LogP contribution in [-0.2, 0) is 14.9 Å². The zero-order chi connectivity index (χ0) is 18.5. The number of hydrogen-bond acceptors (Lipinski definition) is 3. The molecule has 6 heteroatoms. The summed E-state index contributed by atoms with van der Waals surface area (Å²) in [7, 11) is 1.30. The van der Waals surface area contributed by atoms with Gasteiger partial charge in [-0.25, -0.2) is 9.18 Å². The van der Waals surface area contributed by atoms with Gasteiger partial charge >= 0.3 is 5.97 Å². The third-order valence-electron chi connectivity index (χ3n) is 5.15. The van der Waals surface area contributed by atoms with Crippen molar-refractivity contribution in [2.45, 2.75) is 18.3 Å². The summed E-state index contributed by atoms with van der Waals surface area (Å²) in [5.74, 6) is -1.21. The molecule has 1 aliphatic heterocycles. The SMILES string of the molecule is COC(=O)C1=C2NC(=O)c3cc(Cl)ccc3C2(c2cccc(F)c2)CC1. The Morgan fingerprint density at radius 1 is 1.27 bits per heavy atom. The predicted molar refractivity (Wildman–Crippen MR) is 94.4 cm³/mol.